The van der Waals surface area contributed by atoms with Crippen molar-refractivity contribution in [2.24, 2.45) is 4.99 Å². The average Bonchev–Trinajstić information content (AvgIpc) is 2.97. The molecule has 1 saturated heterocycles. The van der Waals surface area contributed by atoms with Gasteiger partial charge in [0.15, 0.2) is 5.96 Å². The number of nitrogens with zero attached hydrogens (tertiary/aromatic N) is 2. The number of nitrogens with one attached hydrogen (secondary N) is 2. The summed E-state index contributed by atoms with van der Waals surface area (Å²) in [5.41, 5.74) is 2.70. The molecule has 0 radical (unpaired) electrons. The predicted octanol–water partition coefficient (Wildman–Crippen LogP) is 3.54. The van der Waals surface area contributed by atoms with Gasteiger partial charge in [0.1, 0.15) is 0 Å². The molecule has 0 spiro atoms. The van der Waals surface area contributed by atoms with E-state index < -0.39 is 0 Å². The Balaban J connectivity index is 1.67. The van der Waals surface area contributed by atoms with E-state index in [2.05, 4.69) is 44.8 Å². The van der Waals surface area contributed by atoms with Crippen molar-refractivity contribution in [2.45, 2.75) is 58.5 Å². The van der Waals surface area contributed by atoms with E-state index in [9.17, 15) is 0 Å². The van der Waals surface area contributed by atoms with E-state index in [0.29, 0.717) is 0 Å². The molecule has 0 aromatic heterocycles. The van der Waals surface area contributed by atoms with E-state index in [1.165, 1.54) is 49.9 Å². The molecule has 0 unspecified atom stereocenters. The summed E-state index contributed by atoms with van der Waals surface area (Å²) in [5, 5.41) is 6.76. The molecule has 2 N–H and O–H groups in total. The number of rotatable bonds is 10. The Hall–Kier alpha value is -1.59. The second-order valence-corrected chi connectivity index (χ2v) is 7.26. The van der Waals surface area contributed by atoms with E-state index in [-0.39, 0.29) is 0 Å². The van der Waals surface area contributed by atoms with Crippen LogP contribution < -0.4 is 10.6 Å². The van der Waals surface area contributed by atoms with E-state index in [1.807, 2.05) is 14.0 Å². The summed E-state index contributed by atoms with van der Waals surface area (Å²) >= 11 is 0. The molecule has 0 amide bonds. The van der Waals surface area contributed by atoms with Crippen molar-refractivity contribution in [1.82, 2.24) is 15.5 Å². The highest BCUT2D eigenvalue weighted by atomic mass is 16.5. The summed E-state index contributed by atoms with van der Waals surface area (Å²) in [6, 6.07) is 9.00. The van der Waals surface area contributed by atoms with Gasteiger partial charge in [-0.05, 0) is 56.8 Å². The summed E-state index contributed by atoms with van der Waals surface area (Å²) in [6.45, 7) is 8.96. The van der Waals surface area contributed by atoms with E-state index in [1.54, 1.807) is 0 Å². The fourth-order valence-electron chi connectivity index (χ4n) is 3.40. The first kappa shape index (κ1) is 21.7. The first-order chi connectivity index (χ1) is 13.3. The van der Waals surface area contributed by atoms with Crippen LogP contribution in [-0.2, 0) is 17.8 Å². The molecular weight excluding hydrogens is 336 g/mol. The van der Waals surface area contributed by atoms with E-state index >= 15 is 0 Å². The third-order valence-electron chi connectivity index (χ3n) is 5.02. The molecule has 1 fully saturated rings. The van der Waals surface area contributed by atoms with Crippen LogP contribution in [0.1, 0.15) is 56.6 Å². The second-order valence-electron chi connectivity index (χ2n) is 7.26. The van der Waals surface area contributed by atoms with Gasteiger partial charge in [0.25, 0.3) is 0 Å². The van der Waals surface area contributed by atoms with Gasteiger partial charge in [-0.3, -0.25) is 9.89 Å². The van der Waals surface area contributed by atoms with Gasteiger partial charge < -0.3 is 15.4 Å². The molecule has 2 rings (SSSR count). The normalized spacial score (nSPS) is 16.1. The van der Waals surface area contributed by atoms with Crippen molar-refractivity contribution in [3.05, 3.63) is 35.4 Å². The van der Waals surface area contributed by atoms with Crippen molar-refractivity contribution >= 4 is 5.96 Å². The van der Waals surface area contributed by atoms with Crippen molar-refractivity contribution < 1.29 is 4.74 Å². The van der Waals surface area contributed by atoms with Crippen LogP contribution in [0.4, 0.5) is 0 Å². The maximum Gasteiger partial charge on any atom is 0.191 e. The number of hydrogen-bond donors (Lipinski definition) is 2. The first-order valence-corrected chi connectivity index (χ1v) is 10.6. The summed E-state index contributed by atoms with van der Waals surface area (Å²) in [4.78, 5) is 6.89. The molecule has 0 atom stereocenters. The minimum absolute atomic E-state index is 0.794. The highest BCUT2D eigenvalue weighted by molar-refractivity contribution is 5.79. The predicted molar refractivity (Wildman–Crippen MR) is 114 cm³/mol. The lowest BCUT2D eigenvalue weighted by atomic mass is 10.1. The van der Waals surface area contributed by atoms with Gasteiger partial charge in [-0.2, -0.15) is 0 Å². The number of hydrogen-bond acceptors (Lipinski definition) is 3. The smallest absolute Gasteiger partial charge is 0.191 e. The summed E-state index contributed by atoms with van der Waals surface area (Å²) < 4.78 is 5.36. The van der Waals surface area contributed by atoms with Crippen molar-refractivity contribution in [1.29, 1.82) is 0 Å². The summed E-state index contributed by atoms with van der Waals surface area (Å²) in [7, 11) is 1.82. The van der Waals surface area contributed by atoms with Gasteiger partial charge in [-0.15, -0.1) is 0 Å². The average molecular weight is 375 g/mol. The van der Waals surface area contributed by atoms with Crippen molar-refractivity contribution in [2.75, 3.05) is 39.9 Å². The Morgan fingerprint density at radius 2 is 1.70 bits per heavy atom. The van der Waals surface area contributed by atoms with E-state index in [4.69, 9.17) is 4.74 Å². The van der Waals surface area contributed by atoms with Gasteiger partial charge in [0.2, 0.25) is 0 Å². The zero-order valence-electron chi connectivity index (χ0n) is 17.3. The number of likely N-dealkylation sites (tertiary alicyclic amines) is 1. The number of aliphatic imine (C=N–C) groups is 1. The zero-order valence-corrected chi connectivity index (χ0v) is 17.3. The monoisotopic (exact) mass is 374 g/mol. The number of benzene rings is 1. The molecular formula is C22H38N4O. The lowest BCUT2D eigenvalue weighted by Crippen LogP contribution is -2.37. The molecule has 27 heavy (non-hydrogen) atoms. The van der Waals surface area contributed by atoms with Crippen LogP contribution in [0, 0.1) is 0 Å². The lowest BCUT2D eigenvalue weighted by molar-refractivity contribution is 0.143. The fraction of sp³-hybridized carbons (Fsp3) is 0.682. The number of guanidine groups is 1. The van der Waals surface area contributed by atoms with Crippen LogP contribution in [-0.4, -0.2) is 50.8 Å². The Morgan fingerprint density at radius 1 is 1.00 bits per heavy atom. The summed E-state index contributed by atoms with van der Waals surface area (Å²) in [5.74, 6) is 0.861. The molecule has 0 saturated carbocycles. The Kier molecular flexibility index (Phi) is 10.9. The molecule has 1 aliphatic rings. The molecule has 0 bridgehead atoms. The first-order valence-electron chi connectivity index (χ1n) is 10.6. The van der Waals surface area contributed by atoms with Crippen molar-refractivity contribution in [3.8, 4) is 0 Å². The third-order valence-corrected chi connectivity index (χ3v) is 5.02. The second kappa shape index (κ2) is 13.6. The van der Waals surface area contributed by atoms with Crippen molar-refractivity contribution in [3.63, 3.8) is 0 Å². The topological polar surface area (TPSA) is 48.9 Å². The van der Waals surface area contributed by atoms with Crippen LogP contribution in [0.15, 0.2) is 29.3 Å². The Morgan fingerprint density at radius 3 is 2.37 bits per heavy atom. The van der Waals surface area contributed by atoms with Gasteiger partial charge in [-0.25, -0.2) is 0 Å². The molecule has 152 valence electrons. The lowest BCUT2D eigenvalue weighted by Gasteiger charge is -2.20. The SMILES string of the molecule is CCOCCCCNC(=NC)NCc1ccc(CN2CCCCCC2)cc1. The largest absolute Gasteiger partial charge is 0.382 e. The molecule has 5 nitrogen and oxygen atoms in total. The zero-order chi connectivity index (χ0) is 19.2. The molecule has 5 heteroatoms. The van der Waals surface area contributed by atoms with Crippen LogP contribution in [0.2, 0.25) is 0 Å². The van der Waals surface area contributed by atoms with Gasteiger partial charge in [0, 0.05) is 39.9 Å². The minimum Gasteiger partial charge on any atom is -0.382 e. The molecule has 1 aliphatic heterocycles. The molecule has 1 aromatic carbocycles. The number of ether oxygens (including phenoxy) is 1. The van der Waals surface area contributed by atoms with Crippen LogP contribution in [0.5, 0.6) is 0 Å². The highest BCUT2D eigenvalue weighted by Gasteiger charge is 2.09. The van der Waals surface area contributed by atoms with Gasteiger partial charge in [-0.1, -0.05) is 37.1 Å². The minimum atomic E-state index is 0.794. The Bertz CT molecular complexity index is 522. The van der Waals surface area contributed by atoms with Crippen LogP contribution in [0.3, 0.4) is 0 Å². The van der Waals surface area contributed by atoms with Crippen LogP contribution in [0.25, 0.3) is 0 Å². The van der Waals surface area contributed by atoms with E-state index in [0.717, 1.165) is 51.6 Å². The molecule has 1 heterocycles. The molecule has 0 aliphatic carbocycles. The van der Waals surface area contributed by atoms with Gasteiger partial charge >= 0.3 is 0 Å². The van der Waals surface area contributed by atoms with Gasteiger partial charge in [0.05, 0.1) is 0 Å². The third kappa shape index (κ3) is 9.25. The maximum atomic E-state index is 5.36. The molecule has 1 aromatic rings. The highest BCUT2D eigenvalue weighted by Crippen LogP contribution is 2.13. The standard InChI is InChI=1S/C22H38N4O/c1-3-27-17-9-6-14-24-22(23-2)25-18-20-10-12-21(13-11-20)19-26-15-7-4-5-8-16-26/h10-13H,3-9,14-19H2,1-2H3,(H2,23,24,25). The maximum absolute atomic E-state index is 5.36. The van der Waals surface area contributed by atoms with Crippen LogP contribution >= 0.6 is 0 Å². The quantitative estimate of drug-likeness (QED) is 0.374. The summed E-state index contributed by atoms with van der Waals surface area (Å²) in [6.07, 6.45) is 7.65. The fourth-order valence-corrected chi connectivity index (χ4v) is 3.40. The number of unbranched alkanes of at least 4 members (excludes halogenated alkanes) is 1. The Labute approximate surface area is 165 Å².